The van der Waals surface area contributed by atoms with Crippen LogP contribution in [-0.2, 0) is 5.75 Å². The standard InChI is InChI=1S/C14H14N2O3S/c1-9-5-6-15-14(16-9)20-8-10-3-4-11(13(17)18)12(7-10)19-2/h3-7H,8H2,1-2H3,(H,17,18). The van der Waals surface area contributed by atoms with Gasteiger partial charge in [0.25, 0.3) is 0 Å². The highest BCUT2D eigenvalue weighted by atomic mass is 32.2. The van der Waals surface area contributed by atoms with E-state index in [1.165, 1.54) is 18.9 Å². The number of ether oxygens (including phenoxy) is 1. The Morgan fingerprint density at radius 2 is 2.20 bits per heavy atom. The molecule has 104 valence electrons. The Morgan fingerprint density at radius 3 is 2.85 bits per heavy atom. The highest BCUT2D eigenvalue weighted by Crippen LogP contribution is 2.25. The first-order valence-corrected chi connectivity index (χ1v) is 6.91. The molecular weight excluding hydrogens is 276 g/mol. The van der Waals surface area contributed by atoms with E-state index in [2.05, 4.69) is 9.97 Å². The van der Waals surface area contributed by atoms with Crippen LogP contribution in [0.15, 0.2) is 35.6 Å². The number of aromatic nitrogens is 2. The molecule has 1 aromatic heterocycles. The summed E-state index contributed by atoms with van der Waals surface area (Å²) < 4.78 is 5.10. The fourth-order valence-corrected chi connectivity index (χ4v) is 2.46. The lowest BCUT2D eigenvalue weighted by molar-refractivity contribution is 0.0693. The monoisotopic (exact) mass is 290 g/mol. The van der Waals surface area contributed by atoms with Gasteiger partial charge in [-0.2, -0.15) is 0 Å². The molecule has 1 heterocycles. The van der Waals surface area contributed by atoms with Crippen molar-refractivity contribution in [3.05, 3.63) is 47.3 Å². The molecule has 0 aliphatic rings. The lowest BCUT2D eigenvalue weighted by atomic mass is 10.1. The molecule has 20 heavy (non-hydrogen) atoms. The van der Waals surface area contributed by atoms with Crippen LogP contribution in [-0.4, -0.2) is 28.2 Å². The van der Waals surface area contributed by atoms with E-state index in [-0.39, 0.29) is 5.56 Å². The minimum absolute atomic E-state index is 0.160. The Morgan fingerprint density at radius 1 is 1.40 bits per heavy atom. The molecule has 0 fully saturated rings. The van der Waals surface area contributed by atoms with Crippen LogP contribution in [0.5, 0.6) is 5.75 Å². The van der Waals surface area contributed by atoms with E-state index in [1.807, 2.05) is 13.0 Å². The molecule has 6 heteroatoms. The molecule has 0 aliphatic heterocycles. The fourth-order valence-electron chi connectivity index (χ4n) is 1.65. The average molecular weight is 290 g/mol. The Balaban J connectivity index is 2.12. The second-order valence-electron chi connectivity index (χ2n) is 4.11. The second kappa shape index (κ2) is 6.38. The zero-order chi connectivity index (χ0) is 14.5. The molecule has 0 amide bonds. The molecular formula is C14H14N2O3S. The number of rotatable bonds is 5. The van der Waals surface area contributed by atoms with E-state index in [0.29, 0.717) is 16.7 Å². The van der Waals surface area contributed by atoms with Gasteiger partial charge in [-0.25, -0.2) is 14.8 Å². The van der Waals surface area contributed by atoms with Crippen molar-refractivity contribution in [3.63, 3.8) is 0 Å². The number of hydrogen-bond donors (Lipinski definition) is 1. The van der Waals surface area contributed by atoms with E-state index < -0.39 is 5.97 Å². The third kappa shape index (κ3) is 3.48. The summed E-state index contributed by atoms with van der Waals surface area (Å²) in [5.41, 5.74) is 2.04. The molecule has 2 rings (SSSR count). The maximum atomic E-state index is 11.0. The van der Waals surface area contributed by atoms with Crippen LogP contribution in [0.1, 0.15) is 21.6 Å². The zero-order valence-electron chi connectivity index (χ0n) is 11.2. The van der Waals surface area contributed by atoms with Gasteiger partial charge < -0.3 is 9.84 Å². The third-order valence-corrected chi connectivity index (χ3v) is 3.57. The van der Waals surface area contributed by atoms with Crippen LogP contribution < -0.4 is 4.74 Å². The quantitative estimate of drug-likeness (QED) is 0.674. The van der Waals surface area contributed by atoms with Gasteiger partial charge in [0.2, 0.25) is 0 Å². The molecule has 0 spiro atoms. The van der Waals surface area contributed by atoms with Gasteiger partial charge >= 0.3 is 5.97 Å². The van der Waals surface area contributed by atoms with Crippen molar-refractivity contribution < 1.29 is 14.6 Å². The van der Waals surface area contributed by atoms with Crippen molar-refractivity contribution in [2.75, 3.05) is 7.11 Å². The van der Waals surface area contributed by atoms with Crippen molar-refractivity contribution in [1.29, 1.82) is 0 Å². The Bertz CT molecular complexity index is 632. The van der Waals surface area contributed by atoms with E-state index in [0.717, 1.165) is 11.3 Å². The fraction of sp³-hybridized carbons (Fsp3) is 0.214. The van der Waals surface area contributed by atoms with E-state index in [9.17, 15) is 4.79 Å². The first-order valence-electron chi connectivity index (χ1n) is 5.93. The van der Waals surface area contributed by atoms with Crippen molar-refractivity contribution in [1.82, 2.24) is 9.97 Å². The van der Waals surface area contributed by atoms with Gasteiger partial charge in [-0.1, -0.05) is 17.8 Å². The summed E-state index contributed by atoms with van der Waals surface area (Å²) in [6.07, 6.45) is 1.72. The summed E-state index contributed by atoms with van der Waals surface area (Å²) >= 11 is 1.50. The summed E-state index contributed by atoms with van der Waals surface area (Å²) in [6.45, 7) is 1.91. The Hall–Kier alpha value is -2.08. The number of methoxy groups -OCH3 is 1. The van der Waals surface area contributed by atoms with Crippen molar-refractivity contribution >= 4 is 17.7 Å². The van der Waals surface area contributed by atoms with Crippen molar-refractivity contribution in [2.45, 2.75) is 17.8 Å². The van der Waals surface area contributed by atoms with Crippen LogP contribution >= 0.6 is 11.8 Å². The number of aryl methyl sites for hydroxylation is 1. The summed E-state index contributed by atoms with van der Waals surface area (Å²) in [4.78, 5) is 19.5. The molecule has 5 nitrogen and oxygen atoms in total. The Kier molecular flexibility index (Phi) is 4.57. The SMILES string of the molecule is COc1cc(CSc2nccc(C)n2)ccc1C(=O)O. The largest absolute Gasteiger partial charge is 0.496 e. The number of nitrogens with zero attached hydrogens (tertiary/aromatic N) is 2. The summed E-state index contributed by atoms with van der Waals surface area (Å²) in [6, 6.07) is 6.89. The summed E-state index contributed by atoms with van der Waals surface area (Å²) in [7, 11) is 1.46. The lowest BCUT2D eigenvalue weighted by Gasteiger charge is -2.07. The molecule has 0 unspecified atom stereocenters. The van der Waals surface area contributed by atoms with E-state index in [4.69, 9.17) is 9.84 Å². The normalized spacial score (nSPS) is 10.3. The smallest absolute Gasteiger partial charge is 0.339 e. The topological polar surface area (TPSA) is 72.3 Å². The van der Waals surface area contributed by atoms with Crippen LogP contribution in [0, 0.1) is 6.92 Å². The van der Waals surface area contributed by atoms with E-state index >= 15 is 0 Å². The average Bonchev–Trinajstić information content (AvgIpc) is 2.44. The molecule has 0 atom stereocenters. The number of benzene rings is 1. The summed E-state index contributed by atoms with van der Waals surface area (Å²) in [5.74, 6) is 0.0172. The number of aromatic carboxylic acids is 1. The number of thioether (sulfide) groups is 1. The van der Waals surface area contributed by atoms with Gasteiger partial charge in [0.15, 0.2) is 5.16 Å². The predicted molar refractivity (Wildman–Crippen MR) is 76.3 cm³/mol. The van der Waals surface area contributed by atoms with Crippen LogP contribution in [0.25, 0.3) is 0 Å². The minimum Gasteiger partial charge on any atom is -0.496 e. The molecule has 1 N–H and O–H groups in total. The van der Waals surface area contributed by atoms with E-state index in [1.54, 1.807) is 24.4 Å². The van der Waals surface area contributed by atoms with Gasteiger partial charge in [-0.3, -0.25) is 0 Å². The van der Waals surface area contributed by atoms with Gasteiger partial charge in [0, 0.05) is 17.6 Å². The lowest BCUT2D eigenvalue weighted by Crippen LogP contribution is -2.01. The zero-order valence-corrected chi connectivity index (χ0v) is 12.0. The number of carboxylic acids is 1. The third-order valence-electron chi connectivity index (χ3n) is 2.64. The maximum absolute atomic E-state index is 11.0. The van der Waals surface area contributed by atoms with Gasteiger partial charge in [0.05, 0.1) is 7.11 Å². The van der Waals surface area contributed by atoms with Crippen molar-refractivity contribution in [2.24, 2.45) is 0 Å². The first-order chi connectivity index (χ1) is 9.60. The van der Waals surface area contributed by atoms with Crippen molar-refractivity contribution in [3.8, 4) is 5.75 Å². The second-order valence-corrected chi connectivity index (χ2v) is 5.05. The molecule has 0 aliphatic carbocycles. The highest BCUT2D eigenvalue weighted by Gasteiger charge is 2.11. The predicted octanol–water partition coefficient (Wildman–Crippen LogP) is 2.78. The number of carboxylic acid groups (broad SMARTS) is 1. The van der Waals surface area contributed by atoms with Crippen LogP contribution in [0.4, 0.5) is 0 Å². The number of carbonyl (C=O) groups is 1. The summed E-state index contributed by atoms with van der Waals surface area (Å²) in [5, 5.41) is 9.72. The van der Waals surface area contributed by atoms with Gasteiger partial charge in [-0.15, -0.1) is 0 Å². The maximum Gasteiger partial charge on any atom is 0.339 e. The Labute approximate surface area is 121 Å². The van der Waals surface area contributed by atoms with Gasteiger partial charge in [-0.05, 0) is 30.7 Å². The molecule has 1 aromatic carbocycles. The molecule has 0 radical (unpaired) electrons. The number of hydrogen-bond acceptors (Lipinski definition) is 5. The first kappa shape index (κ1) is 14.3. The molecule has 0 saturated heterocycles. The van der Waals surface area contributed by atoms with Crippen LogP contribution in [0.2, 0.25) is 0 Å². The molecule has 0 saturated carbocycles. The molecule has 2 aromatic rings. The van der Waals surface area contributed by atoms with Crippen LogP contribution in [0.3, 0.4) is 0 Å². The van der Waals surface area contributed by atoms with Gasteiger partial charge in [0.1, 0.15) is 11.3 Å². The minimum atomic E-state index is -0.997. The highest BCUT2D eigenvalue weighted by molar-refractivity contribution is 7.98. The molecule has 0 bridgehead atoms.